The molecule has 2 aliphatic rings. The van der Waals surface area contributed by atoms with Gasteiger partial charge in [-0.2, -0.15) is 0 Å². The summed E-state index contributed by atoms with van der Waals surface area (Å²) in [7, 11) is 0. The number of hydrogen-bond acceptors (Lipinski definition) is 5. The van der Waals surface area contributed by atoms with Crippen molar-refractivity contribution in [3.63, 3.8) is 0 Å². The second-order valence-electron chi connectivity index (χ2n) is 6.93. The molecule has 7 nitrogen and oxygen atoms in total. The Kier molecular flexibility index (Phi) is 5.20. The molecule has 0 bridgehead atoms. The van der Waals surface area contributed by atoms with Crippen molar-refractivity contribution >= 4 is 17.8 Å². The van der Waals surface area contributed by atoms with Gasteiger partial charge in [0, 0.05) is 57.1 Å². The van der Waals surface area contributed by atoms with Crippen molar-refractivity contribution in [1.82, 2.24) is 19.8 Å². The predicted octanol–water partition coefficient (Wildman–Crippen LogP) is 1.00. The maximum absolute atomic E-state index is 12.8. The van der Waals surface area contributed by atoms with Crippen LogP contribution < -0.4 is 4.90 Å². The third-order valence-electron chi connectivity index (χ3n) is 5.08. The van der Waals surface area contributed by atoms with Gasteiger partial charge in [0.2, 0.25) is 17.8 Å². The quantitative estimate of drug-likeness (QED) is 0.817. The van der Waals surface area contributed by atoms with Crippen molar-refractivity contribution in [3.8, 4) is 0 Å². The van der Waals surface area contributed by atoms with Gasteiger partial charge in [-0.3, -0.25) is 9.59 Å². The molecule has 1 aromatic heterocycles. The molecule has 0 saturated carbocycles. The topological polar surface area (TPSA) is 69.6 Å². The van der Waals surface area contributed by atoms with E-state index in [4.69, 9.17) is 0 Å². The van der Waals surface area contributed by atoms with E-state index in [-0.39, 0.29) is 17.7 Å². The average molecular weight is 345 g/mol. The Morgan fingerprint density at radius 3 is 2.40 bits per heavy atom. The van der Waals surface area contributed by atoms with Gasteiger partial charge in [0.1, 0.15) is 0 Å². The molecule has 2 fully saturated rings. The van der Waals surface area contributed by atoms with Crippen molar-refractivity contribution in [1.29, 1.82) is 0 Å². The number of hydrogen-bond donors (Lipinski definition) is 0. The molecule has 0 N–H and O–H groups in total. The van der Waals surface area contributed by atoms with Crippen LogP contribution in [0.15, 0.2) is 6.07 Å². The molecule has 2 saturated heterocycles. The van der Waals surface area contributed by atoms with E-state index in [0.29, 0.717) is 39.0 Å². The second kappa shape index (κ2) is 7.37. The molecule has 2 amide bonds. The van der Waals surface area contributed by atoms with Crippen LogP contribution in [0.2, 0.25) is 0 Å². The van der Waals surface area contributed by atoms with E-state index in [0.717, 1.165) is 30.4 Å². The van der Waals surface area contributed by atoms with Gasteiger partial charge in [-0.15, -0.1) is 0 Å². The summed E-state index contributed by atoms with van der Waals surface area (Å²) in [5, 5.41) is 0. The lowest BCUT2D eigenvalue weighted by atomic mass is 9.95. The minimum absolute atomic E-state index is 0.0540. The number of nitrogens with zero attached hydrogens (tertiary/aromatic N) is 5. The maximum Gasteiger partial charge on any atom is 0.227 e. The fourth-order valence-electron chi connectivity index (χ4n) is 3.66. The summed E-state index contributed by atoms with van der Waals surface area (Å²) in [6.07, 6.45) is 1.16. The molecule has 0 aliphatic carbocycles. The molecule has 3 rings (SSSR count). The van der Waals surface area contributed by atoms with E-state index in [1.54, 1.807) is 4.90 Å². The number of piperazine rings is 1. The normalized spacial score (nSPS) is 21.6. The van der Waals surface area contributed by atoms with Crippen LogP contribution >= 0.6 is 0 Å². The summed E-state index contributed by atoms with van der Waals surface area (Å²) in [5.74, 6) is 1.06. The lowest BCUT2D eigenvalue weighted by molar-refractivity contribution is -0.143. The molecule has 1 atom stereocenters. The second-order valence-corrected chi connectivity index (χ2v) is 6.93. The Bertz CT molecular complexity index is 635. The van der Waals surface area contributed by atoms with Gasteiger partial charge in [-0.05, 0) is 33.3 Å². The minimum Gasteiger partial charge on any atom is -0.342 e. The van der Waals surface area contributed by atoms with Gasteiger partial charge in [-0.1, -0.05) is 0 Å². The van der Waals surface area contributed by atoms with Crippen LogP contribution in [0.1, 0.15) is 31.2 Å². The van der Waals surface area contributed by atoms with Gasteiger partial charge < -0.3 is 14.7 Å². The fraction of sp³-hybridized carbons (Fsp3) is 0.667. The van der Waals surface area contributed by atoms with E-state index in [2.05, 4.69) is 14.9 Å². The molecule has 1 aromatic rings. The summed E-state index contributed by atoms with van der Waals surface area (Å²) in [6.45, 7) is 10.0. The van der Waals surface area contributed by atoms with Crippen LogP contribution in [0.25, 0.3) is 0 Å². The predicted molar refractivity (Wildman–Crippen MR) is 95.3 cm³/mol. The van der Waals surface area contributed by atoms with Gasteiger partial charge in [0.15, 0.2) is 0 Å². The van der Waals surface area contributed by atoms with E-state index < -0.39 is 0 Å². The highest BCUT2D eigenvalue weighted by atomic mass is 16.2. The third-order valence-corrected chi connectivity index (χ3v) is 5.08. The molecule has 25 heavy (non-hydrogen) atoms. The van der Waals surface area contributed by atoms with Crippen molar-refractivity contribution in [2.45, 2.75) is 33.6 Å². The van der Waals surface area contributed by atoms with E-state index in [9.17, 15) is 9.59 Å². The molecule has 7 heteroatoms. The van der Waals surface area contributed by atoms with Crippen LogP contribution in [-0.4, -0.2) is 70.9 Å². The Morgan fingerprint density at radius 2 is 1.80 bits per heavy atom. The molecular weight excluding hydrogens is 318 g/mol. The molecule has 136 valence electrons. The molecule has 0 radical (unpaired) electrons. The standard InChI is InChI=1S/C18H27N5O2/c1-4-21-12-15(5-6-16(21)24)17(25)22-7-9-23(10-8-22)18-19-13(2)11-14(3)20-18/h11,15H,4-10,12H2,1-3H3/t15-/m1/s1. The number of likely N-dealkylation sites (tertiary alicyclic amines) is 1. The zero-order chi connectivity index (χ0) is 18.0. The summed E-state index contributed by atoms with van der Waals surface area (Å²) < 4.78 is 0. The van der Waals surface area contributed by atoms with Gasteiger partial charge >= 0.3 is 0 Å². The Balaban J connectivity index is 1.58. The molecule has 0 aromatic carbocycles. The smallest absolute Gasteiger partial charge is 0.227 e. The SMILES string of the molecule is CCN1C[C@H](C(=O)N2CCN(c3nc(C)cc(C)n3)CC2)CCC1=O. The zero-order valence-electron chi connectivity index (χ0n) is 15.4. The van der Waals surface area contributed by atoms with Crippen molar-refractivity contribution in [3.05, 3.63) is 17.5 Å². The monoisotopic (exact) mass is 345 g/mol. The number of amides is 2. The van der Waals surface area contributed by atoms with Crippen molar-refractivity contribution < 1.29 is 9.59 Å². The number of carbonyl (C=O) groups is 2. The fourth-order valence-corrected chi connectivity index (χ4v) is 3.66. The van der Waals surface area contributed by atoms with Gasteiger partial charge in [-0.25, -0.2) is 9.97 Å². The van der Waals surface area contributed by atoms with Crippen LogP contribution in [0.3, 0.4) is 0 Å². The largest absolute Gasteiger partial charge is 0.342 e. The number of rotatable bonds is 3. The number of aromatic nitrogens is 2. The summed E-state index contributed by atoms with van der Waals surface area (Å²) in [4.78, 5) is 39.5. The van der Waals surface area contributed by atoms with Gasteiger partial charge in [0.05, 0.1) is 5.92 Å². The van der Waals surface area contributed by atoms with E-state index >= 15 is 0 Å². The lowest BCUT2D eigenvalue weighted by Crippen LogP contribution is -2.53. The first-order valence-corrected chi connectivity index (χ1v) is 9.11. The average Bonchev–Trinajstić information content (AvgIpc) is 2.61. The molecule has 0 spiro atoms. The van der Waals surface area contributed by atoms with Gasteiger partial charge in [0.25, 0.3) is 0 Å². The van der Waals surface area contributed by atoms with E-state index in [1.807, 2.05) is 31.7 Å². The third kappa shape index (κ3) is 3.91. The Morgan fingerprint density at radius 1 is 1.16 bits per heavy atom. The van der Waals surface area contributed by atoms with Crippen LogP contribution in [0, 0.1) is 19.8 Å². The lowest BCUT2D eigenvalue weighted by Gasteiger charge is -2.38. The van der Waals surface area contributed by atoms with Crippen LogP contribution in [0.4, 0.5) is 5.95 Å². The Labute approximate surface area is 149 Å². The summed E-state index contributed by atoms with van der Waals surface area (Å²) >= 11 is 0. The van der Waals surface area contributed by atoms with Crippen LogP contribution in [-0.2, 0) is 9.59 Å². The molecular formula is C18H27N5O2. The number of aryl methyl sites for hydroxylation is 2. The highest BCUT2D eigenvalue weighted by Crippen LogP contribution is 2.21. The number of anilines is 1. The highest BCUT2D eigenvalue weighted by molar-refractivity contribution is 5.84. The Hall–Kier alpha value is -2.18. The van der Waals surface area contributed by atoms with Crippen molar-refractivity contribution in [2.24, 2.45) is 5.92 Å². The minimum atomic E-state index is -0.0540. The number of piperidine rings is 1. The first kappa shape index (κ1) is 17.6. The molecule has 0 unspecified atom stereocenters. The first-order valence-electron chi connectivity index (χ1n) is 9.11. The summed E-state index contributed by atoms with van der Waals surface area (Å²) in [5.41, 5.74) is 1.93. The van der Waals surface area contributed by atoms with Crippen molar-refractivity contribution in [2.75, 3.05) is 44.2 Å². The summed E-state index contributed by atoms with van der Waals surface area (Å²) in [6, 6.07) is 1.97. The zero-order valence-corrected chi connectivity index (χ0v) is 15.4. The van der Waals surface area contributed by atoms with Crippen LogP contribution in [0.5, 0.6) is 0 Å². The first-order chi connectivity index (χ1) is 12.0. The molecule has 2 aliphatic heterocycles. The molecule has 3 heterocycles. The number of carbonyl (C=O) groups excluding carboxylic acids is 2. The van der Waals surface area contributed by atoms with E-state index in [1.165, 1.54) is 0 Å². The maximum atomic E-state index is 12.8. The highest BCUT2D eigenvalue weighted by Gasteiger charge is 2.33.